The fraction of sp³-hybridized carbons (Fsp3) is 0.893. The first-order chi connectivity index (χ1) is 17.1. The first-order valence-electron chi connectivity index (χ1n) is 14.4. The Morgan fingerprint density at radius 1 is 1.06 bits per heavy atom. The summed E-state index contributed by atoms with van der Waals surface area (Å²) in [5, 5.41) is 13.0. The molecule has 7 nitrogen and oxygen atoms in total. The Morgan fingerprint density at radius 2 is 1.83 bits per heavy atom. The van der Waals surface area contributed by atoms with Crippen molar-refractivity contribution in [3.05, 3.63) is 0 Å². The van der Waals surface area contributed by atoms with Gasteiger partial charge in [0.15, 0.2) is 0 Å². The Hall–Kier alpha value is -1.65. The second kappa shape index (κ2) is 13.1. The number of carbonyl (C=O) groups excluding carboxylic acids is 2. The minimum atomic E-state index is -0.231. The van der Waals surface area contributed by atoms with Crippen molar-refractivity contribution in [2.45, 2.75) is 96.1 Å². The number of rotatable bonds is 8. The lowest BCUT2D eigenvalue weighted by Gasteiger charge is -2.37. The summed E-state index contributed by atoms with van der Waals surface area (Å²) in [4.78, 5) is 30.9. The monoisotopic (exact) mass is 486 g/mol. The number of hydrogen-bond donors (Lipinski definition) is 1. The molecule has 2 amide bonds. The van der Waals surface area contributed by atoms with Crippen molar-refractivity contribution in [1.29, 1.82) is 5.26 Å². The van der Waals surface area contributed by atoms with Gasteiger partial charge in [0.2, 0.25) is 11.8 Å². The second-order valence-corrected chi connectivity index (χ2v) is 11.5. The quantitative estimate of drug-likeness (QED) is 0.565. The number of likely N-dealkylation sites (tertiary alicyclic amines) is 1. The smallest absolute Gasteiger partial charge is 0.223 e. The Bertz CT molecular complexity index is 741. The lowest BCUT2D eigenvalue weighted by molar-refractivity contribution is -0.140. The molecule has 0 spiro atoms. The van der Waals surface area contributed by atoms with Crippen LogP contribution < -0.4 is 5.32 Å². The van der Waals surface area contributed by atoms with E-state index in [9.17, 15) is 14.9 Å². The third kappa shape index (κ3) is 7.20. The van der Waals surface area contributed by atoms with Gasteiger partial charge in [-0.25, -0.2) is 0 Å². The molecule has 0 bridgehead atoms. The lowest BCUT2D eigenvalue weighted by Crippen LogP contribution is -2.46. The van der Waals surface area contributed by atoms with Crippen molar-refractivity contribution in [3.8, 4) is 6.07 Å². The SMILES string of the molecule is CCC1CCC(N2CCC(NC(=O)[C@@H](CC(=O)N3CCOCC3)CC3CCCCC3)C2)C[C@@H]1C#N. The number of morpholine rings is 1. The molecule has 0 aromatic heterocycles. The number of carbonyl (C=O) groups is 2. The van der Waals surface area contributed by atoms with Gasteiger partial charge in [0.1, 0.15) is 0 Å². The molecule has 7 heteroatoms. The van der Waals surface area contributed by atoms with Crippen LogP contribution in [0.1, 0.15) is 84.0 Å². The molecule has 0 radical (unpaired) electrons. The molecule has 4 aliphatic rings. The predicted molar refractivity (Wildman–Crippen MR) is 135 cm³/mol. The Balaban J connectivity index is 1.31. The van der Waals surface area contributed by atoms with Crippen LogP contribution in [0.5, 0.6) is 0 Å². The highest BCUT2D eigenvalue weighted by molar-refractivity contribution is 5.86. The van der Waals surface area contributed by atoms with E-state index in [-0.39, 0.29) is 29.7 Å². The summed E-state index contributed by atoms with van der Waals surface area (Å²) >= 11 is 0. The Morgan fingerprint density at radius 3 is 2.54 bits per heavy atom. The van der Waals surface area contributed by atoms with Gasteiger partial charge in [0.25, 0.3) is 0 Å². The van der Waals surface area contributed by atoms with E-state index in [1.54, 1.807) is 0 Å². The highest BCUT2D eigenvalue weighted by Gasteiger charge is 2.37. The summed E-state index contributed by atoms with van der Waals surface area (Å²) in [6, 6.07) is 3.18. The molecule has 3 unspecified atom stereocenters. The lowest BCUT2D eigenvalue weighted by atomic mass is 9.76. The minimum Gasteiger partial charge on any atom is -0.378 e. The van der Waals surface area contributed by atoms with Crippen molar-refractivity contribution in [3.63, 3.8) is 0 Å². The van der Waals surface area contributed by atoms with Crippen LogP contribution in [0.15, 0.2) is 0 Å². The third-order valence-corrected chi connectivity index (χ3v) is 9.24. The number of hydrogen-bond acceptors (Lipinski definition) is 5. The molecule has 4 rings (SSSR count). The van der Waals surface area contributed by atoms with Crippen LogP contribution in [0.3, 0.4) is 0 Å². The third-order valence-electron chi connectivity index (χ3n) is 9.24. The molecule has 196 valence electrons. The maximum Gasteiger partial charge on any atom is 0.223 e. The molecule has 4 fully saturated rings. The van der Waals surface area contributed by atoms with Crippen molar-refractivity contribution < 1.29 is 14.3 Å². The average Bonchev–Trinajstić information content (AvgIpc) is 3.37. The summed E-state index contributed by atoms with van der Waals surface area (Å²) in [5.41, 5.74) is 0. The van der Waals surface area contributed by atoms with Gasteiger partial charge in [-0.1, -0.05) is 45.4 Å². The van der Waals surface area contributed by atoms with E-state index >= 15 is 0 Å². The maximum atomic E-state index is 13.5. The molecule has 5 atom stereocenters. The van der Waals surface area contributed by atoms with E-state index in [0.29, 0.717) is 50.6 Å². The molecular weight excluding hydrogens is 440 g/mol. The second-order valence-electron chi connectivity index (χ2n) is 11.5. The zero-order chi connectivity index (χ0) is 24.6. The first-order valence-corrected chi connectivity index (χ1v) is 14.4. The zero-order valence-electron chi connectivity index (χ0n) is 21.8. The van der Waals surface area contributed by atoms with Crippen molar-refractivity contribution in [2.24, 2.45) is 23.7 Å². The van der Waals surface area contributed by atoms with Crippen molar-refractivity contribution in [2.75, 3.05) is 39.4 Å². The van der Waals surface area contributed by atoms with Crippen LogP contribution in [0.25, 0.3) is 0 Å². The number of ether oxygens (including phenoxy) is 1. The van der Waals surface area contributed by atoms with Crippen LogP contribution in [-0.2, 0) is 14.3 Å². The number of amides is 2. The number of nitriles is 1. The number of nitrogens with zero attached hydrogens (tertiary/aromatic N) is 3. The van der Waals surface area contributed by atoms with Crippen LogP contribution in [0.4, 0.5) is 0 Å². The van der Waals surface area contributed by atoms with E-state index in [4.69, 9.17) is 4.74 Å². The Kier molecular flexibility index (Phi) is 9.85. The molecule has 0 aromatic rings. The van der Waals surface area contributed by atoms with E-state index in [2.05, 4.69) is 23.2 Å². The fourth-order valence-electron chi connectivity index (χ4n) is 7.01. The molecule has 35 heavy (non-hydrogen) atoms. The van der Waals surface area contributed by atoms with Crippen LogP contribution >= 0.6 is 0 Å². The van der Waals surface area contributed by atoms with Gasteiger partial charge in [-0.3, -0.25) is 14.5 Å². The van der Waals surface area contributed by atoms with E-state index in [1.165, 1.54) is 32.1 Å². The molecular formula is C28H46N4O3. The summed E-state index contributed by atoms with van der Waals surface area (Å²) in [6.07, 6.45) is 12.7. The van der Waals surface area contributed by atoms with E-state index in [1.807, 2.05) is 4.90 Å². The summed E-state index contributed by atoms with van der Waals surface area (Å²) in [5.74, 6) is 1.22. The van der Waals surface area contributed by atoms with Crippen molar-refractivity contribution in [1.82, 2.24) is 15.1 Å². The first kappa shape index (κ1) is 26.4. The summed E-state index contributed by atoms with van der Waals surface area (Å²) < 4.78 is 5.40. The normalized spacial score (nSPS) is 31.6. The largest absolute Gasteiger partial charge is 0.378 e. The van der Waals surface area contributed by atoms with Gasteiger partial charge in [-0.05, 0) is 43.9 Å². The van der Waals surface area contributed by atoms with Crippen LogP contribution in [0.2, 0.25) is 0 Å². The minimum absolute atomic E-state index is 0.0774. The van der Waals surface area contributed by atoms with Crippen LogP contribution in [0, 0.1) is 35.0 Å². The van der Waals surface area contributed by atoms with E-state index < -0.39 is 0 Å². The van der Waals surface area contributed by atoms with Gasteiger partial charge in [-0.15, -0.1) is 0 Å². The maximum absolute atomic E-state index is 13.5. The molecule has 0 aromatic carbocycles. The average molecular weight is 487 g/mol. The molecule has 2 heterocycles. The predicted octanol–water partition coefficient (Wildman–Crippen LogP) is 3.73. The van der Waals surface area contributed by atoms with Gasteiger partial charge in [0, 0.05) is 50.6 Å². The van der Waals surface area contributed by atoms with Crippen LogP contribution in [-0.4, -0.2) is 73.1 Å². The molecule has 1 N–H and O–H groups in total. The highest BCUT2D eigenvalue weighted by Crippen LogP contribution is 2.36. The molecule has 2 saturated carbocycles. The van der Waals surface area contributed by atoms with Gasteiger partial charge < -0.3 is 15.0 Å². The summed E-state index contributed by atoms with van der Waals surface area (Å²) in [7, 11) is 0. The molecule has 2 aliphatic heterocycles. The standard InChI is InChI=1S/C28H46N4O3/c1-2-22-8-9-26(17-24(22)19-29)32-11-10-25(20-32)30-28(34)23(16-21-6-4-3-5-7-21)18-27(33)31-12-14-35-15-13-31/h21-26H,2-18,20H2,1H3,(H,30,34)/t22?,23-,24-,25?,26?/m1/s1. The molecule has 2 aliphatic carbocycles. The number of nitrogens with one attached hydrogen (secondary N) is 1. The van der Waals surface area contributed by atoms with Crippen molar-refractivity contribution >= 4 is 11.8 Å². The Labute approximate surface area is 211 Å². The highest BCUT2D eigenvalue weighted by atomic mass is 16.5. The molecule has 2 saturated heterocycles. The zero-order valence-corrected chi connectivity index (χ0v) is 21.8. The van der Waals surface area contributed by atoms with Gasteiger partial charge in [0.05, 0.1) is 25.2 Å². The van der Waals surface area contributed by atoms with E-state index in [0.717, 1.165) is 51.6 Å². The van der Waals surface area contributed by atoms with Gasteiger partial charge in [-0.2, -0.15) is 5.26 Å². The van der Waals surface area contributed by atoms with Gasteiger partial charge >= 0.3 is 0 Å². The topological polar surface area (TPSA) is 85.7 Å². The summed E-state index contributed by atoms with van der Waals surface area (Å²) in [6.45, 7) is 6.52. The fourth-order valence-corrected chi connectivity index (χ4v) is 7.01.